The Labute approximate surface area is 134 Å². The summed E-state index contributed by atoms with van der Waals surface area (Å²) < 4.78 is 5.05. The van der Waals surface area contributed by atoms with Gasteiger partial charge in [0.05, 0.1) is 5.56 Å². The molecule has 2 aromatic carbocycles. The van der Waals surface area contributed by atoms with Crippen LogP contribution < -0.4 is 4.74 Å². The molecule has 2 aromatic rings. The molecule has 0 fully saturated rings. The van der Waals surface area contributed by atoms with Gasteiger partial charge in [0, 0.05) is 14.1 Å². The zero-order valence-corrected chi connectivity index (χ0v) is 12.9. The summed E-state index contributed by atoms with van der Waals surface area (Å²) >= 11 is 0. The highest BCUT2D eigenvalue weighted by Gasteiger charge is 2.11. The van der Waals surface area contributed by atoms with Gasteiger partial charge in [-0.05, 0) is 29.8 Å². The molecule has 0 saturated carbocycles. The van der Waals surface area contributed by atoms with Gasteiger partial charge in [-0.25, -0.2) is 9.59 Å². The predicted octanol–water partition coefficient (Wildman–Crippen LogP) is 3.04. The van der Waals surface area contributed by atoms with Crippen molar-refractivity contribution in [2.75, 3.05) is 14.1 Å². The van der Waals surface area contributed by atoms with Crippen LogP contribution in [0.15, 0.2) is 54.6 Å². The van der Waals surface area contributed by atoms with Gasteiger partial charge < -0.3 is 9.64 Å². The highest BCUT2D eigenvalue weighted by molar-refractivity contribution is 5.89. The molecule has 0 bridgehead atoms. The van der Waals surface area contributed by atoms with Crippen LogP contribution in [0.1, 0.15) is 15.9 Å². The molecular weight excluding hydrogens is 298 g/mol. The number of rotatable bonds is 5. The number of nitrogens with zero attached hydrogens (tertiary/aromatic N) is 1. The minimum atomic E-state index is -0.619. The lowest BCUT2D eigenvalue weighted by Crippen LogP contribution is -2.25. The van der Waals surface area contributed by atoms with Crippen molar-refractivity contribution in [1.29, 1.82) is 0 Å². The third-order valence-corrected chi connectivity index (χ3v) is 2.86. The molecule has 0 aliphatic rings. The van der Waals surface area contributed by atoms with Crippen molar-refractivity contribution in [3.63, 3.8) is 0 Å². The average molecular weight is 315 g/mol. The number of hydrogen-bond donors (Lipinski definition) is 0. The van der Waals surface area contributed by atoms with Gasteiger partial charge in [0.2, 0.25) is 0 Å². The lowest BCUT2D eigenvalue weighted by atomic mass is 10.2. The summed E-state index contributed by atoms with van der Waals surface area (Å²) in [6.45, 7) is 0.172. The topological polar surface area (TPSA) is 65.1 Å². The van der Waals surface area contributed by atoms with Crippen LogP contribution in [0.3, 0.4) is 0 Å². The second kappa shape index (κ2) is 7.95. The summed E-state index contributed by atoms with van der Waals surface area (Å²) in [5.41, 5.74) is 1.19. The second-order valence-corrected chi connectivity index (χ2v) is 4.91. The van der Waals surface area contributed by atoms with E-state index in [0.29, 0.717) is 11.3 Å². The molecule has 0 aliphatic heterocycles. The maximum atomic E-state index is 11.8. The molecule has 0 aliphatic carbocycles. The normalized spacial score (nSPS) is 10.0. The van der Waals surface area contributed by atoms with Crippen LogP contribution in [0.2, 0.25) is 0 Å². The molecule has 0 spiro atoms. The molecule has 0 N–H and O–H groups in total. The molecule has 0 radical (unpaired) electrons. The minimum absolute atomic E-state index is 0.172. The Morgan fingerprint density at radius 2 is 1.61 bits per heavy atom. The van der Waals surface area contributed by atoms with Gasteiger partial charge in [-0.3, -0.25) is 4.89 Å². The van der Waals surface area contributed by atoms with E-state index in [1.54, 1.807) is 14.1 Å². The van der Waals surface area contributed by atoms with Crippen LogP contribution >= 0.6 is 0 Å². The molecule has 23 heavy (non-hydrogen) atoms. The van der Waals surface area contributed by atoms with Gasteiger partial charge in [-0.15, -0.1) is 0 Å². The molecule has 0 aromatic heterocycles. The van der Waals surface area contributed by atoms with Gasteiger partial charge in [-0.1, -0.05) is 30.3 Å². The van der Waals surface area contributed by atoms with Crippen molar-refractivity contribution < 1.29 is 24.1 Å². The van der Waals surface area contributed by atoms with Gasteiger partial charge in [-0.2, -0.15) is 4.89 Å². The SMILES string of the molecule is CN(C)C(=O)Oc1ccc(C(=O)OOCc2ccccc2)cc1. The van der Waals surface area contributed by atoms with E-state index >= 15 is 0 Å². The molecule has 1 amide bonds. The number of carbonyl (C=O) groups excluding carboxylic acids is 2. The Hall–Kier alpha value is -2.86. The van der Waals surface area contributed by atoms with E-state index in [0.717, 1.165) is 5.56 Å². The first kappa shape index (κ1) is 16.5. The Kier molecular flexibility index (Phi) is 5.71. The highest BCUT2D eigenvalue weighted by Crippen LogP contribution is 2.14. The van der Waals surface area contributed by atoms with Gasteiger partial charge in [0.1, 0.15) is 12.4 Å². The Bertz CT molecular complexity index is 652. The van der Waals surface area contributed by atoms with Crippen LogP contribution in [0.4, 0.5) is 4.79 Å². The third kappa shape index (κ3) is 5.12. The molecule has 6 nitrogen and oxygen atoms in total. The monoisotopic (exact) mass is 315 g/mol. The Balaban J connectivity index is 1.84. The summed E-state index contributed by atoms with van der Waals surface area (Å²) in [7, 11) is 3.16. The maximum Gasteiger partial charge on any atom is 0.414 e. The van der Waals surface area contributed by atoms with E-state index in [2.05, 4.69) is 0 Å². The molecule has 6 heteroatoms. The molecule has 2 rings (SSSR count). The summed E-state index contributed by atoms with van der Waals surface area (Å²) in [6.07, 6.45) is -0.494. The first-order valence-corrected chi connectivity index (χ1v) is 6.93. The fraction of sp³-hybridized carbons (Fsp3) is 0.176. The largest absolute Gasteiger partial charge is 0.414 e. The van der Waals surface area contributed by atoms with Crippen LogP contribution in [-0.4, -0.2) is 31.1 Å². The summed E-state index contributed by atoms with van der Waals surface area (Å²) in [5.74, 6) is -0.281. The summed E-state index contributed by atoms with van der Waals surface area (Å²) in [4.78, 5) is 34.2. The van der Waals surface area contributed by atoms with E-state index in [1.165, 1.54) is 29.2 Å². The summed E-state index contributed by atoms with van der Waals surface area (Å²) in [5, 5.41) is 0. The Morgan fingerprint density at radius 1 is 0.957 bits per heavy atom. The second-order valence-electron chi connectivity index (χ2n) is 4.91. The highest BCUT2D eigenvalue weighted by atomic mass is 17.2. The first-order chi connectivity index (χ1) is 11.1. The number of benzene rings is 2. The van der Waals surface area contributed by atoms with Crippen molar-refractivity contribution in [2.24, 2.45) is 0 Å². The maximum absolute atomic E-state index is 11.8. The van der Waals surface area contributed by atoms with Crippen LogP contribution in [0.5, 0.6) is 5.75 Å². The predicted molar refractivity (Wildman–Crippen MR) is 82.8 cm³/mol. The van der Waals surface area contributed by atoms with Crippen LogP contribution in [-0.2, 0) is 16.4 Å². The fourth-order valence-electron chi connectivity index (χ4n) is 1.62. The molecule has 0 unspecified atom stereocenters. The molecule has 0 heterocycles. The van der Waals surface area contributed by atoms with Gasteiger partial charge in [0.25, 0.3) is 0 Å². The lowest BCUT2D eigenvalue weighted by molar-refractivity contribution is -0.250. The van der Waals surface area contributed by atoms with Crippen LogP contribution in [0, 0.1) is 0 Å². The van der Waals surface area contributed by atoms with Crippen molar-refractivity contribution in [1.82, 2.24) is 4.90 Å². The van der Waals surface area contributed by atoms with E-state index in [9.17, 15) is 9.59 Å². The average Bonchev–Trinajstić information content (AvgIpc) is 2.56. The van der Waals surface area contributed by atoms with Crippen LogP contribution in [0.25, 0.3) is 0 Å². The van der Waals surface area contributed by atoms with Crippen molar-refractivity contribution in [3.8, 4) is 5.75 Å². The molecule has 120 valence electrons. The lowest BCUT2D eigenvalue weighted by Gasteiger charge is -2.10. The molecular formula is C17H17NO5. The number of hydrogen-bond acceptors (Lipinski definition) is 5. The number of amides is 1. The minimum Gasteiger partial charge on any atom is -0.410 e. The fourth-order valence-corrected chi connectivity index (χ4v) is 1.62. The smallest absolute Gasteiger partial charge is 0.410 e. The first-order valence-electron chi connectivity index (χ1n) is 6.93. The van der Waals surface area contributed by atoms with Crippen molar-refractivity contribution in [2.45, 2.75) is 6.61 Å². The molecule has 0 atom stereocenters. The van der Waals surface area contributed by atoms with E-state index in [4.69, 9.17) is 14.5 Å². The standard InChI is InChI=1S/C17H17NO5/c1-18(2)17(20)22-15-10-8-14(9-11-15)16(19)23-21-12-13-6-4-3-5-7-13/h3-11H,12H2,1-2H3. The third-order valence-electron chi connectivity index (χ3n) is 2.86. The van der Waals surface area contributed by atoms with E-state index < -0.39 is 12.1 Å². The Morgan fingerprint density at radius 3 is 2.22 bits per heavy atom. The van der Waals surface area contributed by atoms with Crippen molar-refractivity contribution >= 4 is 12.1 Å². The summed E-state index contributed by atoms with van der Waals surface area (Å²) in [6, 6.07) is 15.4. The van der Waals surface area contributed by atoms with E-state index in [1.807, 2.05) is 30.3 Å². The van der Waals surface area contributed by atoms with E-state index in [-0.39, 0.29) is 6.61 Å². The zero-order chi connectivity index (χ0) is 16.7. The quantitative estimate of drug-likeness (QED) is 0.627. The number of ether oxygens (including phenoxy) is 1. The van der Waals surface area contributed by atoms with Crippen molar-refractivity contribution in [3.05, 3.63) is 65.7 Å². The molecule has 0 saturated heterocycles. The number of carbonyl (C=O) groups is 2. The van der Waals surface area contributed by atoms with Gasteiger partial charge in [0.15, 0.2) is 0 Å². The van der Waals surface area contributed by atoms with Gasteiger partial charge >= 0.3 is 12.1 Å². The zero-order valence-electron chi connectivity index (χ0n) is 12.9.